The fourth-order valence-corrected chi connectivity index (χ4v) is 4.70. The maximum absolute atomic E-state index is 12.8. The molecular weight excluding hydrogens is 408 g/mol. The van der Waals surface area contributed by atoms with Crippen molar-refractivity contribution in [3.63, 3.8) is 0 Å². The normalized spacial score (nSPS) is 14.9. The Morgan fingerprint density at radius 1 is 1.03 bits per heavy atom. The number of amides is 2. The Bertz CT molecular complexity index is 1030. The summed E-state index contributed by atoms with van der Waals surface area (Å²) < 4.78 is 0. The molecule has 1 fully saturated rings. The van der Waals surface area contributed by atoms with Gasteiger partial charge in [0.05, 0.1) is 12.2 Å². The number of carbonyl (C=O) groups is 2. The number of hydrogen-bond donors (Lipinski definition) is 2. The third-order valence-electron chi connectivity index (χ3n) is 5.37. The molecule has 0 radical (unpaired) electrons. The average Bonchev–Trinajstić information content (AvgIpc) is 3.18. The Morgan fingerprint density at radius 2 is 1.68 bits per heavy atom. The average molecular weight is 435 g/mol. The largest absolute Gasteiger partial charge is 0.348 e. The third kappa shape index (κ3) is 5.57. The molecule has 31 heavy (non-hydrogen) atoms. The molecule has 2 amide bonds. The van der Waals surface area contributed by atoms with Gasteiger partial charge in [0.25, 0.3) is 5.91 Å². The van der Waals surface area contributed by atoms with Gasteiger partial charge in [0, 0.05) is 30.4 Å². The highest BCUT2D eigenvalue weighted by Gasteiger charge is 2.24. The second-order valence-corrected chi connectivity index (χ2v) is 8.74. The molecule has 4 rings (SSSR count). The van der Waals surface area contributed by atoms with Gasteiger partial charge in [-0.15, -0.1) is 11.3 Å². The number of aromatic nitrogens is 1. The van der Waals surface area contributed by atoms with Crippen molar-refractivity contribution in [1.82, 2.24) is 15.2 Å². The third-order valence-corrected chi connectivity index (χ3v) is 6.58. The fraction of sp³-hybridized carbons (Fsp3) is 0.292. The second-order valence-electron chi connectivity index (χ2n) is 7.74. The maximum atomic E-state index is 12.8. The zero-order chi connectivity index (χ0) is 21.6. The van der Waals surface area contributed by atoms with Crippen LogP contribution in [0.1, 0.15) is 28.2 Å². The number of nitrogens with zero attached hydrogens (tertiary/aromatic N) is 2. The van der Waals surface area contributed by atoms with Gasteiger partial charge in [0.1, 0.15) is 9.88 Å². The first kappa shape index (κ1) is 21.2. The van der Waals surface area contributed by atoms with Crippen LogP contribution in [0.2, 0.25) is 0 Å². The summed E-state index contributed by atoms with van der Waals surface area (Å²) in [5.41, 5.74) is 2.59. The summed E-state index contributed by atoms with van der Waals surface area (Å²) in [4.78, 5) is 32.5. The van der Waals surface area contributed by atoms with Gasteiger partial charge >= 0.3 is 0 Å². The molecule has 2 aromatic carbocycles. The number of hydrogen-bond acceptors (Lipinski definition) is 5. The highest BCUT2D eigenvalue weighted by Crippen LogP contribution is 2.28. The van der Waals surface area contributed by atoms with Crippen LogP contribution in [0, 0.1) is 6.92 Å². The van der Waals surface area contributed by atoms with E-state index in [4.69, 9.17) is 0 Å². The van der Waals surface area contributed by atoms with Crippen LogP contribution in [0.3, 0.4) is 0 Å². The van der Waals surface area contributed by atoms with E-state index in [0.29, 0.717) is 11.4 Å². The molecule has 0 bridgehead atoms. The summed E-state index contributed by atoms with van der Waals surface area (Å²) in [6.07, 6.45) is 1.65. The van der Waals surface area contributed by atoms with Crippen molar-refractivity contribution in [1.29, 1.82) is 0 Å². The number of piperidine rings is 1. The van der Waals surface area contributed by atoms with Crippen molar-refractivity contribution in [2.75, 3.05) is 25.0 Å². The van der Waals surface area contributed by atoms with Crippen molar-refractivity contribution in [2.45, 2.75) is 25.8 Å². The molecule has 0 spiro atoms. The molecule has 7 heteroatoms. The van der Waals surface area contributed by atoms with Crippen LogP contribution in [0.15, 0.2) is 60.7 Å². The predicted molar refractivity (Wildman–Crippen MR) is 124 cm³/mol. The molecule has 0 aliphatic carbocycles. The molecule has 0 saturated carbocycles. The predicted octanol–water partition coefficient (Wildman–Crippen LogP) is 3.95. The number of anilines is 1. The van der Waals surface area contributed by atoms with Crippen molar-refractivity contribution < 1.29 is 9.59 Å². The number of thiazole rings is 1. The highest BCUT2D eigenvalue weighted by molar-refractivity contribution is 7.17. The van der Waals surface area contributed by atoms with E-state index < -0.39 is 0 Å². The summed E-state index contributed by atoms with van der Waals surface area (Å²) in [5.74, 6) is -0.0696. The lowest BCUT2D eigenvalue weighted by molar-refractivity contribution is -0.117. The lowest BCUT2D eigenvalue weighted by Gasteiger charge is -2.31. The molecular formula is C24H26N4O2S. The van der Waals surface area contributed by atoms with Crippen LogP contribution in [0.4, 0.5) is 5.69 Å². The molecule has 160 valence electrons. The van der Waals surface area contributed by atoms with Gasteiger partial charge in [-0.05, 0) is 31.9 Å². The van der Waals surface area contributed by atoms with Crippen LogP contribution in [-0.2, 0) is 4.79 Å². The van der Waals surface area contributed by atoms with Crippen LogP contribution < -0.4 is 10.6 Å². The van der Waals surface area contributed by atoms with Gasteiger partial charge in [0.2, 0.25) is 5.91 Å². The van der Waals surface area contributed by atoms with E-state index in [1.807, 2.05) is 67.6 Å². The van der Waals surface area contributed by atoms with E-state index in [1.165, 1.54) is 11.3 Å². The topological polar surface area (TPSA) is 74.3 Å². The van der Waals surface area contributed by atoms with Gasteiger partial charge in [-0.3, -0.25) is 14.5 Å². The van der Waals surface area contributed by atoms with Gasteiger partial charge in [-0.2, -0.15) is 0 Å². The van der Waals surface area contributed by atoms with Crippen molar-refractivity contribution in [3.8, 4) is 10.6 Å². The number of likely N-dealkylation sites (tertiary alicyclic amines) is 1. The Labute approximate surface area is 186 Å². The molecule has 0 unspecified atom stereocenters. The Kier molecular flexibility index (Phi) is 6.74. The van der Waals surface area contributed by atoms with E-state index in [9.17, 15) is 9.59 Å². The molecule has 1 saturated heterocycles. The molecule has 0 atom stereocenters. The first-order valence-corrected chi connectivity index (χ1v) is 11.3. The van der Waals surface area contributed by atoms with Gasteiger partial charge in [-0.25, -0.2) is 4.98 Å². The lowest BCUT2D eigenvalue weighted by Crippen LogP contribution is -2.46. The summed E-state index contributed by atoms with van der Waals surface area (Å²) in [5, 5.41) is 6.94. The molecule has 1 aromatic heterocycles. The standard InChI is InChI=1S/C24H26N4O2S/c1-17-22(31-24(25-17)18-8-4-2-5-9-18)23(30)27-20-12-14-28(15-13-20)16-21(29)26-19-10-6-3-7-11-19/h2-11,20H,12-16H2,1H3,(H,26,29)(H,27,30). The molecule has 1 aliphatic rings. The van der Waals surface area contributed by atoms with E-state index in [1.54, 1.807) is 0 Å². The number of aryl methyl sites for hydroxylation is 1. The fourth-order valence-electron chi connectivity index (χ4n) is 3.72. The molecule has 3 aromatic rings. The van der Waals surface area contributed by atoms with Gasteiger partial charge in [-0.1, -0.05) is 48.5 Å². The molecule has 6 nitrogen and oxygen atoms in total. The highest BCUT2D eigenvalue weighted by atomic mass is 32.1. The van der Waals surface area contributed by atoms with E-state index in [-0.39, 0.29) is 17.9 Å². The van der Waals surface area contributed by atoms with E-state index in [0.717, 1.165) is 47.9 Å². The molecule has 2 N–H and O–H groups in total. The van der Waals surface area contributed by atoms with Gasteiger partial charge in [0.15, 0.2) is 0 Å². The summed E-state index contributed by atoms with van der Waals surface area (Å²) in [7, 11) is 0. The van der Waals surface area contributed by atoms with Crippen molar-refractivity contribution in [3.05, 3.63) is 71.2 Å². The minimum atomic E-state index is -0.0579. The smallest absolute Gasteiger partial charge is 0.263 e. The van der Waals surface area contributed by atoms with Crippen LogP contribution in [-0.4, -0.2) is 47.4 Å². The zero-order valence-electron chi connectivity index (χ0n) is 17.5. The van der Waals surface area contributed by atoms with E-state index in [2.05, 4.69) is 20.5 Å². The monoisotopic (exact) mass is 434 g/mol. The van der Waals surface area contributed by atoms with E-state index >= 15 is 0 Å². The number of nitrogens with one attached hydrogen (secondary N) is 2. The number of benzene rings is 2. The lowest BCUT2D eigenvalue weighted by atomic mass is 10.0. The summed E-state index contributed by atoms with van der Waals surface area (Å²) in [6.45, 7) is 3.81. The van der Waals surface area contributed by atoms with Crippen molar-refractivity contribution >= 4 is 28.8 Å². The van der Waals surface area contributed by atoms with Crippen LogP contribution >= 0.6 is 11.3 Å². The minimum Gasteiger partial charge on any atom is -0.348 e. The van der Waals surface area contributed by atoms with Gasteiger partial charge < -0.3 is 10.6 Å². The number of rotatable bonds is 6. The second kappa shape index (κ2) is 9.85. The first-order chi connectivity index (χ1) is 15.1. The van der Waals surface area contributed by atoms with Crippen molar-refractivity contribution in [2.24, 2.45) is 0 Å². The maximum Gasteiger partial charge on any atom is 0.263 e. The first-order valence-electron chi connectivity index (χ1n) is 10.5. The Morgan fingerprint density at radius 3 is 2.35 bits per heavy atom. The minimum absolute atomic E-state index is 0.0117. The SMILES string of the molecule is Cc1nc(-c2ccccc2)sc1C(=O)NC1CCN(CC(=O)Nc2ccccc2)CC1. The van der Waals surface area contributed by atoms with Crippen LogP contribution in [0.5, 0.6) is 0 Å². The number of para-hydroxylation sites is 1. The Balaban J connectivity index is 1.27. The zero-order valence-corrected chi connectivity index (χ0v) is 18.3. The summed E-state index contributed by atoms with van der Waals surface area (Å²) in [6, 6.07) is 19.5. The Hall–Kier alpha value is -3.03. The summed E-state index contributed by atoms with van der Waals surface area (Å²) >= 11 is 1.43. The molecule has 2 heterocycles. The van der Waals surface area contributed by atoms with Crippen LogP contribution in [0.25, 0.3) is 10.6 Å². The number of carbonyl (C=O) groups excluding carboxylic acids is 2. The molecule has 1 aliphatic heterocycles. The quantitative estimate of drug-likeness (QED) is 0.616.